The molecule has 1 saturated heterocycles. The molecule has 0 saturated carbocycles. The molecule has 0 spiro atoms. The fraction of sp³-hybridized carbons (Fsp3) is 0.538. The maximum Gasteiger partial charge on any atom is 0.246 e. The molecule has 2 rings (SSSR count). The molecule has 0 bridgehead atoms. The molecule has 0 amide bonds. The summed E-state index contributed by atoms with van der Waals surface area (Å²) in [6, 6.07) is 3.28. The fourth-order valence-electron chi connectivity index (χ4n) is 2.68. The van der Waals surface area contributed by atoms with Crippen molar-refractivity contribution in [2.75, 3.05) is 27.2 Å². The van der Waals surface area contributed by atoms with Gasteiger partial charge >= 0.3 is 0 Å². The molecule has 0 N–H and O–H groups in total. The van der Waals surface area contributed by atoms with Crippen LogP contribution in [0.4, 0.5) is 0 Å². The van der Waals surface area contributed by atoms with Gasteiger partial charge in [0, 0.05) is 23.6 Å². The number of likely N-dealkylation sites (N-methyl/N-ethyl adjacent to an activating group) is 1. The van der Waals surface area contributed by atoms with Crippen LogP contribution in [0.15, 0.2) is 21.5 Å². The zero-order valence-corrected chi connectivity index (χ0v) is 15.9. The van der Waals surface area contributed by atoms with E-state index >= 15 is 0 Å². The highest BCUT2D eigenvalue weighted by Crippen LogP contribution is 2.36. The molecule has 2 unspecified atom stereocenters. The quantitative estimate of drug-likeness (QED) is 0.760. The van der Waals surface area contributed by atoms with Crippen molar-refractivity contribution in [3.63, 3.8) is 0 Å². The molecule has 8 heteroatoms. The van der Waals surface area contributed by atoms with Crippen molar-refractivity contribution in [1.29, 1.82) is 0 Å². The number of hydrogen-bond acceptors (Lipinski definition) is 3. The van der Waals surface area contributed by atoms with Gasteiger partial charge in [-0.05, 0) is 32.1 Å². The summed E-state index contributed by atoms with van der Waals surface area (Å²) < 4.78 is 27.8. The molecule has 21 heavy (non-hydrogen) atoms. The summed E-state index contributed by atoms with van der Waals surface area (Å²) in [5, 5.41) is 0.269. The van der Waals surface area contributed by atoms with Crippen LogP contribution in [0.25, 0.3) is 0 Å². The van der Waals surface area contributed by atoms with Gasteiger partial charge in [-0.25, -0.2) is 8.42 Å². The number of sulfonamides is 1. The highest BCUT2D eigenvalue weighted by Gasteiger charge is 2.39. The Balaban J connectivity index is 2.41. The number of nitrogens with zero attached hydrogens (tertiary/aromatic N) is 2. The van der Waals surface area contributed by atoms with Crippen molar-refractivity contribution in [3.8, 4) is 0 Å². The van der Waals surface area contributed by atoms with E-state index in [0.717, 1.165) is 0 Å². The van der Waals surface area contributed by atoms with E-state index in [0.29, 0.717) is 17.6 Å². The summed E-state index contributed by atoms with van der Waals surface area (Å²) in [6.07, 6.45) is 0. The van der Waals surface area contributed by atoms with Gasteiger partial charge in [-0.3, -0.25) is 0 Å². The SMILES string of the molecule is CC1CN(S(=O)(=O)c2c(Cl)cc(Br)cc2Cl)CC1N(C)C. The Bertz CT molecular complexity index is 629. The van der Waals surface area contributed by atoms with Gasteiger partial charge in [0.15, 0.2) is 0 Å². The third-order valence-corrected chi connectivity index (χ3v) is 6.98. The van der Waals surface area contributed by atoms with Crippen LogP contribution in [-0.4, -0.2) is 50.8 Å². The summed E-state index contributed by atoms with van der Waals surface area (Å²) in [6.45, 7) is 2.96. The average Bonchev–Trinajstić information content (AvgIpc) is 2.70. The Labute approximate surface area is 144 Å². The molecule has 1 aromatic rings. The Morgan fingerprint density at radius 1 is 1.24 bits per heavy atom. The molecule has 1 fully saturated rings. The first-order chi connectivity index (χ1) is 9.64. The van der Waals surface area contributed by atoms with Gasteiger partial charge in [-0.1, -0.05) is 46.1 Å². The number of benzene rings is 1. The summed E-state index contributed by atoms with van der Waals surface area (Å²) >= 11 is 15.5. The lowest BCUT2D eigenvalue weighted by atomic mass is 10.1. The van der Waals surface area contributed by atoms with Crippen LogP contribution in [0.2, 0.25) is 10.0 Å². The van der Waals surface area contributed by atoms with E-state index < -0.39 is 10.0 Å². The highest BCUT2D eigenvalue weighted by molar-refractivity contribution is 9.10. The molecule has 0 aliphatic carbocycles. The summed E-state index contributed by atoms with van der Waals surface area (Å²) in [5.41, 5.74) is 0. The summed E-state index contributed by atoms with van der Waals surface area (Å²) in [7, 11) is 0.216. The van der Waals surface area contributed by atoms with Crippen LogP contribution in [0.1, 0.15) is 6.92 Å². The summed E-state index contributed by atoms with van der Waals surface area (Å²) in [4.78, 5) is 2.03. The maximum absolute atomic E-state index is 12.8. The predicted octanol–water partition coefficient (Wildman–Crippen LogP) is 3.33. The van der Waals surface area contributed by atoms with Crippen LogP contribution in [-0.2, 0) is 10.0 Å². The van der Waals surface area contributed by atoms with E-state index in [-0.39, 0.29) is 26.9 Å². The number of rotatable bonds is 3. The molecule has 0 aromatic heterocycles. The zero-order chi connectivity index (χ0) is 15.9. The second-order valence-electron chi connectivity index (χ2n) is 5.53. The Hall–Kier alpha value is 0.150. The van der Waals surface area contributed by atoms with Crippen LogP contribution < -0.4 is 0 Å². The Morgan fingerprint density at radius 3 is 2.19 bits per heavy atom. The fourth-order valence-corrected chi connectivity index (χ4v) is 6.12. The molecule has 0 radical (unpaired) electrons. The number of halogens is 3. The van der Waals surface area contributed by atoms with Gasteiger partial charge in [0.05, 0.1) is 10.0 Å². The van der Waals surface area contributed by atoms with Gasteiger partial charge in [0.2, 0.25) is 10.0 Å². The van der Waals surface area contributed by atoms with Gasteiger partial charge in [0.25, 0.3) is 0 Å². The molecule has 4 nitrogen and oxygen atoms in total. The van der Waals surface area contributed by atoms with Gasteiger partial charge in [-0.2, -0.15) is 4.31 Å². The van der Waals surface area contributed by atoms with E-state index in [1.54, 1.807) is 12.1 Å². The first-order valence-corrected chi connectivity index (χ1v) is 9.44. The minimum absolute atomic E-state index is 0.0133. The second kappa shape index (κ2) is 6.34. The molecule has 1 aliphatic rings. The lowest BCUT2D eigenvalue weighted by Crippen LogP contribution is -2.35. The Morgan fingerprint density at radius 2 is 1.76 bits per heavy atom. The van der Waals surface area contributed by atoms with Crippen molar-refractivity contribution in [3.05, 3.63) is 26.7 Å². The minimum Gasteiger partial charge on any atom is -0.305 e. The first-order valence-electron chi connectivity index (χ1n) is 6.45. The first kappa shape index (κ1) is 17.5. The third kappa shape index (κ3) is 3.41. The van der Waals surface area contributed by atoms with E-state index in [2.05, 4.69) is 15.9 Å². The standard InChI is InChI=1S/C13H17BrCl2N2O2S/c1-8-6-18(7-12(8)17(2)3)21(19,20)13-10(15)4-9(14)5-11(13)16/h4-5,8,12H,6-7H2,1-3H3. The largest absolute Gasteiger partial charge is 0.305 e. The third-order valence-electron chi connectivity index (χ3n) is 3.76. The molecular weight excluding hydrogens is 399 g/mol. The van der Waals surface area contributed by atoms with Crippen molar-refractivity contribution in [2.45, 2.75) is 17.9 Å². The van der Waals surface area contributed by atoms with E-state index in [1.807, 2.05) is 25.9 Å². The molecular formula is C13H17BrCl2N2O2S. The van der Waals surface area contributed by atoms with E-state index in [9.17, 15) is 8.42 Å². The highest BCUT2D eigenvalue weighted by atomic mass is 79.9. The average molecular weight is 416 g/mol. The van der Waals surface area contributed by atoms with Crippen LogP contribution in [0.3, 0.4) is 0 Å². The smallest absolute Gasteiger partial charge is 0.246 e. The van der Waals surface area contributed by atoms with Gasteiger partial charge < -0.3 is 4.90 Å². The van der Waals surface area contributed by atoms with Crippen LogP contribution in [0, 0.1) is 5.92 Å². The predicted molar refractivity (Wildman–Crippen MR) is 89.6 cm³/mol. The molecule has 1 aromatic carbocycles. The molecule has 118 valence electrons. The van der Waals surface area contributed by atoms with Crippen molar-refractivity contribution < 1.29 is 8.42 Å². The second-order valence-corrected chi connectivity index (χ2v) is 9.13. The molecule has 1 heterocycles. The lowest BCUT2D eigenvalue weighted by molar-refractivity contribution is 0.263. The van der Waals surface area contributed by atoms with Gasteiger partial charge in [0.1, 0.15) is 4.90 Å². The van der Waals surface area contributed by atoms with Crippen molar-refractivity contribution in [1.82, 2.24) is 9.21 Å². The maximum atomic E-state index is 12.8. The lowest BCUT2D eigenvalue weighted by Gasteiger charge is -2.22. The van der Waals surface area contributed by atoms with Crippen molar-refractivity contribution >= 4 is 49.2 Å². The zero-order valence-electron chi connectivity index (χ0n) is 12.0. The topological polar surface area (TPSA) is 40.6 Å². The van der Waals surface area contributed by atoms with Crippen LogP contribution in [0.5, 0.6) is 0 Å². The van der Waals surface area contributed by atoms with E-state index in [1.165, 1.54) is 4.31 Å². The molecule has 1 aliphatic heterocycles. The monoisotopic (exact) mass is 414 g/mol. The number of hydrogen-bond donors (Lipinski definition) is 0. The van der Waals surface area contributed by atoms with Gasteiger partial charge in [-0.15, -0.1) is 0 Å². The Kier molecular flexibility index (Phi) is 5.28. The van der Waals surface area contributed by atoms with Crippen molar-refractivity contribution in [2.24, 2.45) is 5.92 Å². The summed E-state index contributed by atoms with van der Waals surface area (Å²) in [5.74, 6) is 0.253. The molecule has 2 atom stereocenters. The van der Waals surface area contributed by atoms with E-state index in [4.69, 9.17) is 23.2 Å². The minimum atomic E-state index is -3.69. The van der Waals surface area contributed by atoms with Crippen LogP contribution >= 0.6 is 39.1 Å². The normalized spacial score (nSPS) is 24.0.